The molecular weight excluding hydrogens is 172 g/mol. The molecule has 0 spiro atoms. The largest absolute Gasteiger partial charge is 0.370 e. The highest BCUT2D eigenvalue weighted by Gasteiger charge is 2.06. The summed E-state index contributed by atoms with van der Waals surface area (Å²) in [7, 11) is 0. The number of anilines is 1. The zero-order valence-electron chi connectivity index (χ0n) is 8.75. The van der Waals surface area contributed by atoms with Crippen LogP contribution in [0.5, 0.6) is 0 Å². The Morgan fingerprint density at radius 2 is 1.93 bits per heavy atom. The van der Waals surface area contributed by atoms with Gasteiger partial charge in [-0.25, -0.2) is 0 Å². The van der Waals surface area contributed by atoms with Crippen molar-refractivity contribution in [2.75, 3.05) is 18.0 Å². The van der Waals surface area contributed by atoms with Crippen molar-refractivity contribution >= 4 is 16.6 Å². The van der Waals surface area contributed by atoms with Gasteiger partial charge in [-0.1, -0.05) is 12.1 Å². The monoisotopic (exact) mass is 188 g/mol. The van der Waals surface area contributed by atoms with Gasteiger partial charge < -0.3 is 9.88 Å². The number of benzene rings is 1. The maximum absolute atomic E-state index is 3.30. The number of aromatic amines is 1. The third-order valence-corrected chi connectivity index (χ3v) is 2.67. The van der Waals surface area contributed by atoms with Crippen LogP contribution in [0.1, 0.15) is 13.8 Å². The second-order valence-corrected chi connectivity index (χ2v) is 3.39. The highest BCUT2D eigenvalue weighted by molar-refractivity contribution is 5.91. The lowest BCUT2D eigenvalue weighted by atomic mass is 10.2. The van der Waals surface area contributed by atoms with Crippen molar-refractivity contribution in [3.8, 4) is 0 Å². The number of hydrogen-bond donors (Lipinski definition) is 1. The van der Waals surface area contributed by atoms with Gasteiger partial charge in [-0.15, -0.1) is 0 Å². The first-order chi connectivity index (χ1) is 6.86. The summed E-state index contributed by atoms with van der Waals surface area (Å²) in [6.45, 7) is 6.47. The fraction of sp³-hybridized carbons (Fsp3) is 0.333. The molecule has 0 saturated carbocycles. The van der Waals surface area contributed by atoms with E-state index in [1.54, 1.807) is 0 Å². The summed E-state index contributed by atoms with van der Waals surface area (Å²) in [4.78, 5) is 5.66. The first-order valence-corrected chi connectivity index (χ1v) is 5.17. The molecule has 0 aliphatic carbocycles. The highest BCUT2D eigenvalue weighted by Crippen LogP contribution is 2.24. The Labute approximate surface area is 84.5 Å². The summed E-state index contributed by atoms with van der Waals surface area (Å²) in [5, 5.41) is 1.29. The molecule has 2 nitrogen and oxygen atoms in total. The number of aromatic nitrogens is 1. The average molecular weight is 188 g/mol. The van der Waals surface area contributed by atoms with Crippen LogP contribution < -0.4 is 4.90 Å². The van der Waals surface area contributed by atoms with Crippen LogP contribution in [0.2, 0.25) is 0 Å². The lowest BCUT2D eigenvalue weighted by molar-refractivity contribution is 0.869. The molecule has 2 rings (SSSR count). The fourth-order valence-electron chi connectivity index (χ4n) is 1.90. The lowest BCUT2D eigenvalue weighted by Crippen LogP contribution is -2.21. The van der Waals surface area contributed by atoms with Gasteiger partial charge in [-0.3, -0.25) is 0 Å². The van der Waals surface area contributed by atoms with Gasteiger partial charge in [-0.05, 0) is 26.0 Å². The van der Waals surface area contributed by atoms with Crippen molar-refractivity contribution in [2.24, 2.45) is 0 Å². The predicted octanol–water partition coefficient (Wildman–Crippen LogP) is 3.01. The zero-order valence-corrected chi connectivity index (χ0v) is 8.75. The topological polar surface area (TPSA) is 19.0 Å². The Kier molecular flexibility index (Phi) is 2.44. The molecular formula is C12H16N2. The highest BCUT2D eigenvalue weighted by atomic mass is 15.1. The van der Waals surface area contributed by atoms with Crippen LogP contribution in [0, 0.1) is 0 Å². The minimum atomic E-state index is 1.05. The maximum Gasteiger partial charge on any atom is 0.0691 e. The molecule has 14 heavy (non-hydrogen) atoms. The van der Waals surface area contributed by atoms with Gasteiger partial charge in [0.1, 0.15) is 0 Å². The summed E-state index contributed by atoms with van der Waals surface area (Å²) >= 11 is 0. The van der Waals surface area contributed by atoms with Crippen molar-refractivity contribution in [2.45, 2.75) is 13.8 Å². The molecule has 0 atom stereocenters. The number of fused-ring (bicyclic) bond motifs is 1. The molecule has 0 aliphatic rings. The van der Waals surface area contributed by atoms with Crippen LogP contribution in [-0.2, 0) is 0 Å². The Hall–Kier alpha value is -1.44. The molecule has 1 aromatic carbocycles. The maximum atomic E-state index is 3.30. The van der Waals surface area contributed by atoms with Crippen molar-refractivity contribution in [3.63, 3.8) is 0 Å². The van der Waals surface area contributed by atoms with Gasteiger partial charge >= 0.3 is 0 Å². The SMILES string of the molecule is CCN(CC)c1cccc2cc[nH]c12. The van der Waals surface area contributed by atoms with E-state index in [-0.39, 0.29) is 0 Å². The van der Waals surface area contributed by atoms with E-state index < -0.39 is 0 Å². The van der Waals surface area contributed by atoms with Gasteiger partial charge in [0.2, 0.25) is 0 Å². The van der Waals surface area contributed by atoms with Crippen LogP contribution in [0.15, 0.2) is 30.5 Å². The molecule has 0 unspecified atom stereocenters. The van der Waals surface area contributed by atoms with E-state index in [2.05, 4.69) is 48.0 Å². The molecule has 0 radical (unpaired) electrons. The summed E-state index contributed by atoms with van der Waals surface area (Å²) < 4.78 is 0. The van der Waals surface area contributed by atoms with Gasteiger partial charge in [0.25, 0.3) is 0 Å². The number of H-pyrrole nitrogens is 1. The van der Waals surface area contributed by atoms with Crippen LogP contribution in [0.25, 0.3) is 10.9 Å². The number of para-hydroxylation sites is 1. The normalized spacial score (nSPS) is 10.7. The van der Waals surface area contributed by atoms with E-state index >= 15 is 0 Å². The van der Waals surface area contributed by atoms with Crippen molar-refractivity contribution < 1.29 is 0 Å². The number of hydrogen-bond acceptors (Lipinski definition) is 1. The predicted molar refractivity (Wildman–Crippen MR) is 61.9 cm³/mol. The van der Waals surface area contributed by atoms with Gasteiger partial charge in [0.05, 0.1) is 11.2 Å². The second kappa shape index (κ2) is 3.74. The van der Waals surface area contributed by atoms with E-state index in [1.165, 1.54) is 16.6 Å². The quantitative estimate of drug-likeness (QED) is 0.784. The van der Waals surface area contributed by atoms with Gasteiger partial charge in [0, 0.05) is 24.7 Å². The fourth-order valence-corrected chi connectivity index (χ4v) is 1.90. The molecule has 1 N–H and O–H groups in total. The number of nitrogens with zero attached hydrogens (tertiary/aromatic N) is 1. The summed E-state index contributed by atoms with van der Waals surface area (Å²) in [5.41, 5.74) is 2.55. The number of nitrogens with one attached hydrogen (secondary N) is 1. The Morgan fingerprint density at radius 1 is 1.14 bits per heavy atom. The third kappa shape index (κ3) is 1.37. The Balaban J connectivity index is 2.54. The molecule has 0 bridgehead atoms. The summed E-state index contributed by atoms with van der Waals surface area (Å²) in [5.74, 6) is 0. The lowest BCUT2D eigenvalue weighted by Gasteiger charge is -2.21. The van der Waals surface area contributed by atoms with Gasteiger partial charge in [0.15, 0.2) is 0 Å². The molecule has 1 aromatic heterocycles. The smallest absolute Gasteiger partial charge is 0.0691 e. The van der Waals surface area contributed by atoms with Crippen LogP contribution in [0.4, 0.5) is 5.69 Å². The molecule has 2 heteroatoms. The second-order valence-electron chi connectivity index (χ2n) is 3.39. The van der Waals surface area contributed by atoms with Gasteiger partial charge in [-0.2, -0.15) is 0 Å². The zero-order chi connectivity index (χ0) is 9.97. The molecule has 74 valence electrons. The minimum Gasteiger partial charge on any atom is -0.370 e. The summed E-state index contributed by atoms with van der Waals surface area (Å²) in [6.07, 6.45) is 2.00. The molecule has 0 saturated heterocycles. The molecule has 1 heterocycles. The van der Waals surface area contributed by atoms with E-state index in [1.807, 2.05) is 6.20 Å². The number of rotatable bonds is 3. The standard InChI is InChI=1S/C12H16N2/c1-3-14(4-2)11-7-5-6-10-8-9-13-12(10)11/h5-9,13H,3-4H2,1-2H3. The van der Waals surface area contributed by atoms with Crippen molar-refractivity contribution in [1.29, 1.82) is 0 Å². The van der Waals surface area contributed by atoms with Crippen LogP contribution in [0.3, 0.4) is 0 Å². The Bertz CT molecular complexity index is 413. The first-order valence-electron chi connectivity index (χ1n) is 5.17. The van der Waals surface area contributed by atoms with E-state index in [9.17, 15) is 0 Å². The van der Waals surface area contributed by atoms with E-state index in [4.69, 9.17) is 0 Å². The third-order valence-electron chi connectivity index (χ3n) is 2.67. The minimum absolute atomic E-state index is 1.05. The first kappa shape index (κ1) is 9.13. The van der Waals surface area contributed by atoms with Crippen LogP contribution in [-0.4, -0.2) is 18.1 Å². The average Bonchev–Trinajstić information content (AvgIpc) is 2.68. The van der Waals surface area contributed by atoms with Crippen LogP contribution >= 0.6 is 0 Å². The van der Waals surface area contributed by atoms with Crippen molar-refractivity contribution in [1.82, 2.24) is 4.98 Å². The van der Waals surface area contributed by atoms with Crippen molar-refractivity contribution in [3.05, 3.63) is 30.5 Å². The van der Waals surface area contributed by atoms with E-state index in [0.717, 1.165) is 13.1 Å². The molecule has 0 amide bonds. The van der Waals surface area contributed by atoms with E-state index in [0.29, 0.717) is 0 Å². The molecule has 0 fully saturated rings. The Morgan fingerprint density at radius 3 is 2.64 bits per heavy atom. The molecule has 0 aliphatic heterocycles. The summed E-state index contributed by atoms with van der Waals surface area (Å²) in [6, 6.07) is 8.54. The molecule has 2 aromatic rings.